The minimum absolute atomic E-state index is 0.794. The van der Waals surface area contributed by atoms with E-state index >= 15 is 0 Å². The molecule has 1 saturated heterocycles. The fourth-order valence-corrected chi connectivity index (χ4v) is 2.29. The summed E-state index contributed by atoms with van der Waals surface area (Å²) in [5.41, 5.74) is 0. The van der Waals surface area contributed by atoms with E-state index in [-0.39, 0.29) is 0 Å². The standard InChI is InChI=1S/C11H23NO/c1-9-4-6-12-8-11(9)10(2)5-7-13-3/h9-12H,4-8H2,1-3H3. The normalized spacial score (nSPS) is 31.6. The average molecular weight is 185 g/mol. The molecule has 1 heterocycles. The van der Waals surface area contributed by atoms with Crippen molar-refractivity contribution in [3.05, 3.63) is 0 Å². The van der Waals surface area contributed by atoms with Gasteiger partial charge in [-0.25, -0.2) is 0 Å². The molecule has 78 valence electrons. The van der Waals surface area contributed by atoms with Gasteiger partial charge in [-0.2, -0.15) is 0 Å². The Morgan fingerprint density at radius 2 is 2.31 bits per heavy atom. The highest BCUT2D eigenvalue weighted by atomic mass is 16.5. The third kappa shape index (κ3) is 3.28. The Labute approximate surface area is 82.0 Å². The van der Waals surface area contributed by atoms with E-state index in [2.05, 4.69) is 19.2 Å². The molecule has 0 aromatic carbocycles. The zero-order valence-electron chi connectivity index (χ0n) is 9.18. The highest BCUT2D eigenvalue weighted by Gasteiger charge is 2.25. The van der Waals surface area contributed by atoms with Gasteiger partial charge in [0.05, 0.1) is 0 Å². The Morgan fingerprint density at radius 3 is 2.92 bits per heavy atom. The third-order valence-corrected chi connectivity index (χ3v) is 3.40. The predicted octanol–water partition coefficient (Wildman–Crippen LogP) is 1.90. The van der Waals surface area contributed by atoms with Crippen LogP contribution in [-0.2, 0) is 4.74 Å². The molecule has 0 saturated carbocycles. The second kappa shape index (κ2) is 5.61. The molecule has 0 amide bonds. The lowest BCUT2D eigenvalue weighted by molar-refractivity contribution is 0.136. The van der Waals surface area contributed by atoms with E-state index in [0.717, 1.165) is 24.4 Å². The van der Waals surface area contributed by atoms with Crippen molar-refractivity contribution in [2.45, 2.75) is 26.7 Å². The van der Waals surface area contributed by atoms with Crippen molar-refractivity contribution < 1.29 is 4.74 Å². The number of hydrogen-bond acceptors (Lipinski definition) is 2. The number of rotatable bonds is 4. The van der Waals surface area contributed by atoms with Crippen LogP contribution in [0, 0.1) is 17.8 Å². The van der Waals surface area contributed by atoms with Gasteiger partial charge in [0.2, 0.25) is 0 Å². The van der Waals surface area contributed by atoms with E-state index in [0.29, 0.717) is 0 Å². The Balaban J connectivity index is 2.30. The van der Waals surface area contributed by atoms with E-state index in [1.165, 1.54) is 25.9 Å². The Morgan fingerprint density at radius 1 is 1.54 bits per heavy atom. The number of hydrogen-bond donors (Lipinski definition) is 1. The fraction of sp³-hybridized carbons (Fsp3) is 1.00. The molecular formula is C11H23NO. The zero-order valence-corrected chi connectivity index (χ0v) is 9.18. The molecule has 3 atom stereocenters. The molecule has 13 heavy (non-hydrogen) atoms. The first-order chi connectivity index (χ1) is 6.25. The zero-order chi connectivity index (χ0) is 9.68. The third-order valence-electron chi connectivity index (χ3n) is 3.40. The van der Waals surface area contributed by atoms with E-state index < -0.39 is 0 Å². The Kier molecular flexibility index (Phi) is 4.74. The quantitative estimate of drug-likeness (QED) is 0.722. The van der Waals surface area contributed by atoms with Gasteiger partial charge in [-0.1, -0.05) is 13.8 Å². The van der Waals surface area contributed by atoms with Crippen LogP contribution in [0.5, 0.6) is 0 Å². The molecule has 1 rings (SSSR count). The van der Waals surface area contributed by atoms with Crippen LogP contribution in [0.1, 0.15) is 26.7 Å². The van der Waals surface area contributed by atoms with Gasteiger partial charge in [-0.05, 0) is 43.7 Å². The fourth-order valence-electron chi connectivity index (χ4n) is 2.29. The van der Waals surface area contributed by atoms with Gasteiger partial charge >= 0.3 is 0 Å². The maximum Gasteiger partial charge on any atom is 0.0464 e. The Bertz CT molecular complexity index is 138. The van der Waals surface area contributed by atoms with Crippen LogP contribution in [0.4, 0.5) is 0 Å². The minimum atomic E-state index is 0.794. The topological polar surface area (TPSA) is 21.3 Å². The van der Waals surface area contributed by atoms with E-state index in [1.54, 1.807) is 7.11 Å². The van der Waals surface area contributed by atoms with Crippen LogP contribution in [0.15, 0.2) is 0 Å². The molecular weight excluding hydrogens is 162 g/mol. The summed E-state index contributed by atoms with van der Waals surface area (Å²) in [5, 5.41) is 3.48. The number of nitrogens with one attached hydrogen (secondary N) is 1. The smallest absolute Gasteiger partial charge is 0.0464 e. The summed E-state index contributed by atoms with van der Waals surface area (Å²) in [5.74, 6) is 2.53. The molecule has 0 aromatic rings. The highest BCUT2D eigenvalue weighted by molar-refractivity contribution is 4.78. The molecule has 2 heteroatoms. The first kappa shape index (κ1) is 11.0. The van der Waals surface area contributed by atoms with Crippen molar-refractivity contribution in [3.63, 3.8) is 0 Å². The van der Waals surface area contributed by atoms with Crippen molar-refractivity contribution in [1.29, 1.82) is 0 Å². The maximum absolute atomic E-state index is 5.12. The summed E-state index contributed by atoms with van der Waals surface area (Å²) in [7, 11) is 1.79. The largest absolute Gasteiger partial charge is 0.385 e. The SMILES string of the molecule is COCCC(C)C1CNCCC1C. The molecule has 1 fully saturated rings. The van der Waals surface area contributed by atoms with Crippen molar-refractivity contribution >= 4 is 0 Å². The van der Waals surface area contributed by atoms with Gasteiger partial charge < -0.3 is 10.1 Å². The van der Waals surface area contributed by atoms with Crippen LogP contribution in [0.25, 0.3) is 0 Å². The van der Waals surface area contributed by atoms with Crippen molar-refractivity contribution in [2.75, 3.05) is 26.8 Å². The first-order valence-electron chi connectivity index (χ1n) is 5.45. The molecule has 1 N–H and O–H groups in total. The summed E-state index contributed by atoms with van der Waals surface area (Å²) in [6.07, 6.45) is 2.54. The van der Waals surface area contributed by atoms with Gasteiger partial charge in [-0.15, -0.1) is 0 Å². The van der Waals surface area contributed by atoms with Crippen LogP contribution >= 0.6 is 0 Å². The van der Waals surface area contributed by atoms with E-state index in [4.69, 9.17) is 4.74 Å². The summed E-state index contributed by atoms with van der Waals surface area (Å²) in [6, 6.07) is 0. The average Bonchev–Trinajstić information content (AvgIpc) is 2.15. The summed E-state index contributed by atoms with van der Waals surface area (Å²) in [4.78, 5) is 0. The maximum atomic E-state index is 5.12. The summed E-state index contributed by atoms with van der Waals surface area (Å²) in [6.45, 7) is 8.05. The monoisotopic (exact) mass is 185 g/mol. The molecule has 0 bridgehead atoms. The van der Waals surface area contributed by atoms with Crippen molar-refractivity contribution in [2.24, 2.45) is 17.8 Å². The second-order valence-electron chi connectivity index (χ2n) is 4.39. The molecule has 1 aliphatic rings. The van der Waals surface area contributed by atoms with Gasteiger partial charge in [0.1, 0.15) is 0 Å². The Hall–Kier alpha value is -0.0800. The molecule has 0 radical (unpaired) electrons. The summed E-state index contributed by atoms with van der Waals surface area (Å²) >= 11 is 0. The predicted molar refractivity (Wildman–Crippen MR) is 55.8 cm³/mol. The van der Waals surface area contributed by atoms with Crippen molar-refractivity contribution in [3.8, 4) is 0 Å². The second-order valence-corrected chi connectivity index (χ2v) is 4.39. The molecule has 0 aromatic heterocycles. The highest BCUT2D eigenvalue weighted by Crippen LogP contribution is 2.27. The number of ether oxygens (including phenoxy) is 1. The summed E-state index contributed by atoms with van der Waals surface area (Å²) < 4.78 is 5.12. The van der Waals surface area contributed by atoms with Crippen molar-refractivity contribution in [1.82, 2.24) is 5.32 Å². The molecule has 2 nitrogen and oxygen atoms in total. The van der Waals surface area contributed by atoms with Gasteiger partial charge in [-0.3, -0.25) is 0 Å². The molecule has 1 aliphatic heterocycles. The van der Waals surface area contributed by atoms with Crippen LogP contribution in [-0.4, -0.2) is 26.8 Å². The van der Waals surface area contributed by atoms with Crippen LogP contribution < -0.4 is 5.32 Å². The number of methoxy groups -OCH3 is 1. The van der Waals surface area contributed by atoms with Gasteiger partial charge in [0.25, 0.3) is 0 Å². The molecule has 3 unspecified atom stereocenters. The van der Waals surface area contributed by atoms with Crippen LogP contribution in [0.3, 0.4) is 0 Å². The van der Waals surface area contributed by atoms with Gasteiger partial charge in [0.15, 0.2) is 0 Å². The number of piperidine rings is 1. The molecule has 0 aliphatic carbocycles. The van der Waals surface area contributed by atoms with E-state index in [9.17, 15) is 0 Å². The lowest BCUT2D eigenvalue weighted by Gasteiger charge is -2.34. The van der Waals surface area contributed by atoms with E-state index in [1.807, 2.05) is 0 Å². The minimum Gasteiger partial charge on any atom is -0.385 e. The first-order valence-corrected chi connectivity index (χ1v) is 5.45. The lowest BCUT2D eigenvalue weighted by Crippen LogP contribution is -2.38. The molecule has 0 spiro atoms. The van der Waals surface area contributed by atoms with Crippen LogP contribution in [0.2, 0.25) is 0 Å². The van der Waals surface area contributed by atoms with Gasteiger partial charge in [0, 0.05) is 13.7 Å². The lowest BCUT2D eigenvalue weighted by atomic mass is 9.78.